The van der Waals surface area contributed by atoms with E-state index in [1.807, 2.05) is 0 Å². The van der Waals surface area contributed by atoms with Gasteiger partial charge in [-0.2, -0.15) is 0 Å². The van der Waals surface area contributed by atoms with Crippen molar-refractivity contribution in [1.29, 1.82) is 0 Å². The number of hydrogen-bond donors (Lipinski definition) is 2. The van der Waals surface area contributed by atoms with Gasteiger partial charge in [0.15, 0.2) is 0 Å². The summed E-state index contributed by atoms with van der Waals surface area (Å²) in [6.07, 6.45) is 2.25. The predicted octanol–water partition coefficient (Wildman–Crippen LogP) is 2.93. The maximum absolute atomic E-state index is 13.1. The molecule has 1 rings (SSSR count). The number of anilines is 2. The van der Waals surface area contributed by atoms with E-state index in [2.05, 4.69) is 12.2 Å². The normalized spacial score (nSPS) is 10.2. The second-order valence-corrected chi connectivity index (χ2v) is 3.48. The third-order valence-electron chi connectivity index (χ3n) is 2.14. The molecule has 0 aliphatic heterocycles. The molecule has 1 aromatic carbocycles. The minimum Gasteiger partial charge on any atom is -0.396 e. The number of nitrogens with two attached hydrogens (primary N) is 1. The Morgan fingerprint density at radius 3 is 2.71 bits per heavy atom. The smallest absolute Gasteiger partial charge is 0.149 e. The number of nitrogens with one attached hydrogen (secondary N) is 1. The fourth-order valence-corrected chi connectivity index (χ4v) is 1.31. The van der Waals surface area contributed by atoms with Crippen LogP contribution in [-0.4, -0.2) is 6.54 Å². The number of aryl methyl sites for hydroxylation is 1. The molecule has 0 saturated carbocycles. The first-order valence-corrected chi connectivity index (χ1v) is 4.94. The number of rotatable bonds is 4. The standard InChI is InChI=1S/C11H17FN2/c1-3-4-5-14-9-6-8(2)11(12)10(13)7-9/h6-7,14H,3-5,13H2,1-2H3. The van der Waals surface area contributed by atoms with Crippen molar-refractivity contribution in [2.24, 2.45) is 0 Å². The summed E-state index contributed by atoms with van der Waals surface area (Å²) in [5.74, 6) is -0.314. The third-order valence-corrected chi connectivity index (χ3v) is 2.14. The summed E-state index contributed by atoms with van der Waals surface area (Å²) < 4.78 is 13.1. The lowest BCUT2D eigenvalue weighted by molar-refractivity contribution is 0.623. The third kappa shape index (κ3) is 2.62. The van der Waals surface area contributed by atoms with Gasteiger partial charge in [-0.15, -0.1) is 0 Å². The van der Waals surface area contributed by atoms with Crippen LogP contribution >= 0.6 is 0 Å². The molecule has 0 atom stereocenters. The van der Waals surface area contributed by atoms with Gasteiger partial charge in [0.1, 0.15) is 5.82 Å². The highest BCUT2D eigenvalue weighted by molar-refractivity contribution is 5.57. The van der Waals surface area contributed by atoms with Gasteiger partial charge in [0.25, 0.3) is 0 Å². The Balaban J connectivity index is 2.69. The molecule has 0 saturated heterocycles. The molecule has 2 nitrogen and oxygen atoms in total. The lowest BCUT2D eigenvalue weighted by Gasteiger charge is -2.08. The van der Waals surface area contributed by atoms with E-state index in [1.54, 1.807) is 19.1 Å². The molecule has 0 aromatic heterocycles. The highest BCUT2D eigenvalue weighted by Gasteiger charge is 2.03. The van der Waals surface area contributed by atoms with E-state index in [9.17, 15) is 4.39 Å². The number of unbranched alkanes of at least 4 members (excludes halogenated alkanes) is 1. The monoisotopic (exact) mass is 196 g/mol. The molecule has 1 aromatic rings. The van der Waals surface area contributed by atoms with Crippen LogP contribution in [0.25, 0.3) is 0 Å². The second kappa shape index (κ2) is 4.84. The minimum atomic E-state index is -0.314. The molecule has 0 aliphatic carbocycles. The quantitative estimate of drug-likeness (QED) is 0.574. The Labute approximate surface area is 84.3 Å². The van der Waals surface area contributed by atoms with Crippen molar-refractivity contribution < 1.29 is 4.39 Å². The molecule has 0 bridgehead atoms. The van der Waals surface area contributed by atoms with E-state index in [0.29, 0.717) is 5.56 Å². The van der Waals surface area contributed by atoms with Crippen LogP contribution in [0, 0.1) is 12.7 Å². The molecular formula is C11H17FN2. The van der Waals surface area contributed by atoms with E-state index in [-0.39, 0.29) is 11.5 Å². The zero-order chi connectivity index (χ0) is 10.6. The fraction of sp³-hybridized carbons (Fsp3) is 0.455. The van der Waals surface area contributed by atoms with Crippen LogP contribution in [0.5, 0.6) is 0 Å². The average molecular weight is 196 g/mol. The van der Waals surface area contributed by atoms with Crippen LogP contribution in [0.3, 0.4) is 0 Å². The van der Waals surface area contributed by atoms with E-state index < -0.39 is 0 Å². The maximum atomic E-state index is 13.1. The van der Waals surface area contributed by atoms with E-state index >= 15 is 0 Å². The molecule has 14 heavy (non-hydrogen) atoms. The zero-order valence-electron chi connectivity index (χ0n) is 8.73. The summed E-state index contributed by atoms with van der Waals surface area (Å²) in [6.45, 7) is 4.75. The first-order chi connectivity index (χ1) is 6.65. The Morgan fingerprint density at radius 1 is 1.43 bits per heavy atom. The summed E-state index contributed by atoms with van der Waals surface area (Å²) in [4.78, 5) is 0. The molecule has 0 amide bonds. The number of nitrogen functional groups attached to an aromatic ring is 1. The van der Waals surface area contributed by atoms with Crippen LogP contribution in [0.1, 0.15) is 25.3 Å². The van der Waals surface area contributed by atoms with Gasteiger partial charge in [0.2, 0.25) is 0 Å². The highest BCUT2D eigenvalue weighted by Crippen LogP contribution is 2.20. The van der Waals surface area contributed by atoms with Crippen LogP contribution in [0.4, 0.5) is 15.8 Å². The van der Waals surface area contributed by atoms with Crippen molar-refractivity contribution >= 4 is 11.4 Å². The van der Waals surface area contributed by atoms with Crippen molar-refractivity contribution in [1.82, 2.24) is 0 Å². The lowest BCUT2D eigenvalue weighted by atomic mass is 10.2. The summed E-state index contributed by atoms with van der Waals surface area (Å²) in [6, 6.07) is 3.42. The van der Waals surface area contributed by atoms with Gasteiger partial charge in [-0.05, 0) is 31.0 Å². The van der Waals surface area contributed by atoms with E-state index in [1.165, 1.54) is 0 Å². The van der Waals surface area contributed by atoms with E-state index in [0.717, 1.165) is 25.1 Å². The zero-order valence-corrected chi connectivity index (χ0v) is 8.73. The topological polar surface area (TPSA) is 38.0 Å². The Hall–Kier alpha value is -1.25. The lowest BCUT2D eigenvalue weighted by Crippen LogP contribution is -2.03. The van der Waals surface area contributed by atoms with Gasteiger partial charge in [0.05, 0.1) is 5.69 Å². The van der Waals surface area contributed by atoms with Crippen molar-refractivity contribution in [2.45, 2.75) is 26.7 Å². The summed E-state index contributed by atoms with van der Waals surface area (Å²) in [5.41, 5.74) is 7.21. The van der Waals surface area contributed by atoms with Crippen LogP contribution in [0.15, 0.2) is 12.1 Å². The average Bonchev–Trinajstić information content (AvgIpc) is 2.14. The van der Waals surface area contributed by atoms with Crippen LogP contribution in [0.2, 0.25) is 0 Å². The molecule has 0 fully saturated rings. The summed E-state index contributed by atoms with van der Waals surface area (Å²) in [7, 11) is 0. The molecule has 3 heteroatoms. The molecule has 0 aliphatic rings. The van der Waals surface area contributed by atoms with Gasteiger partial charge < -0.3 is 11.1 Å². The van der Waals surface area contributed by atoms with Crippen LogP contribution < -0.4 is 11.1 Å². The van der Waals surface area contributed by atoms with Gasteiger partial charge in [-0.1, -0.05) is 13.3 Å². The first kappa shape index (κ1) is 10.8. The largest absolute Gasteiger partial charge is 0.396 e. The van der Waals surface area contributed by atoms with Gasteiger partial charge >= 0.3 is 0 Å². The maximum Gasteiger partial charge on any atom is 0.149 e. The van der Waals surface area contributed by atoms with Crippen LogP contribution in [-0.2, 0) is 0 Å². The Bertz CT molecular complexity index is 287. The fourth-order valence-electron chi connectivity index (χ4n) is 1.31. The molecule has 0 unspecified atom stereocenters. The SMILES string of the molecule is CCCCNc1cc(C)c(F)c(N)c1. The summed E-state index contributed by atoms with van der Waals surface area (Å²) in [5, 5.41) is 3.21. The number of benzene rings is 1. The van der Waals surface area contributed by atoms with Crippen molar-refractivity contribution in [3.05, 3.63) is 23.5 Å². The Kier molecular flexibility index (Phi) is 3.74. The predicted molar refractivity (Wildman–Crippen MR) is 58.9 cm³/mol. The number of hydrogen-bond acceptors (Lipinski definition) is 2. The second-order valence-electron chi connectivity index (χ2n) is 3.48. The molecule has 78 valence electrons. The highest BCUT2D eigenvalue weighted by atomic mass is 19.1. The summed E-state index contributed by atoms with van der Waals surface area (Å²) >= 11 is 0. The van der Waals surface area contributed by atoms with Gasteiger partial charge in [0, 0.05) is 12.2 Å². The number of halogens is 1. The molecule has 0 spiro atoms. The van der Waals surface area contributed by atoms with E-state index in [4.69, 9.17) is 5.73 Å². The van der Waals surface area contributed by atoms with Crippen molar-refractivity contribution in [2.75, 3.05) is 17.6 Å². The molecule has 0 heterocycles. The molecular weight excluding hydrogens is 179 g/mol. The van der Waals surface area contributed by atoms with Crippen molar-refractivity contribution in [3.63, 3.8) is 0 Å². The molecule has 3 N–H and O–H groups in total. The van der Waals surface area contributed by atoms with Gasteiger partial charge in [-0.3, -0.25) is 0 Å². The van der Waals surface area contributed by atoms with Crippen molar-refractivity contribution in [3.8, 4) is 0 Å². The minimum absolute atomic E-state index is 0.212. The Morgan fingerprint density at radius 2 is 2.14 bits per heavy atom. The van der Waals surface area contributed by atoms with Gasteiger partial charge in [-0.25, -0.2) is 4.39 Å². The first-order valence-electron chi connectivity index (χ1n) is 4.94. The molecule has 0 radical (unpaired) electrons.